The number of benzene rings is 1. The van der Waals surface area contributed by atoms with Crippen molar-refractivity contribution in [3.05, 3.63) is 35.7 Å². The molecule has 1 unspecified atom stereocenters. The van der Waals surface area contributed by atoms with Crippen LogP contribution in [0.4, 0.5) is 0 Å². The molecule has 16 heavy (non-hydrogen) atoms. The molecule has 84 valence electrons. The maximum atomic E-state index is 5.91. The standard InChI is InChI=1S/C11H14N4S/c1-7(12)9-5-3-4-6-10(9)16-11-13-8(2)14-15-11/h3-7H,12H2,1-2H3,(H,13,14,15). The van der Waals surface area contributed by atoms with E-state index in [0.29, 0.717) is 0 Å². The fourth-order valence-corrected chi connectivity index (χ4v) is 2.40. The van der Waals surface area contributed by atoms with Crippen molar-refractivity contribution in [3.63, 3.8) is 0 Å². The summed E-state index contributed by atoms with van der Waals surface area (Å²) in [6, 6.07) is 8.07. The lowest BCUT2D eigenvalue weighted by atomic mass is 10.1. The van der Waals surface area contributed by atoms with Gasteiger partial charge in [-0.2, -0.15) is 0 Å². The van der Waals surface area contributed by atoms with Gasteiger partial charge >= 0.3 is 0 Å². The van der Waals surface area contributed by atoms with E-state index in [9.17, 15) is 0 Å². The number of H-pyrrole nitrogens is 1. The molecule has 1 aromatic carbocycles. The molecule has 1 heterocycles. The largest absolute Gasteiger partial charge is 0.324 e. The summed E-state index contributed by atoms with van der Waals surface area (Å²) in [5, 5.41) is 7.65. The lowest BCUT2D eigenvalue weighted by Gasteiger charge is -2.10. The number of rotatable bonds is 3. The minimum Gasteiger partial charge on any atom is -0.324 e. The quantitative estimate of drug-likeness (QED) is 0.855. The van der Waals surface area contributed by atoms with Crippen molar-refractivity contribution in [1.29, 1.82) is 0 Å². The van der Waals surface area contributed by atoms with E-state index in [2.05, 4.69) is 15.2 Å². The van der Waals surface area contributed by atoms with Crippen molar-refractivity contribution >= 4 is 11.8 Å². The molecular formula is C11H14N4S. The van der Waals surface area contributed by atoms with Crippen molar-refractivity contribution < 1.29 is 0 Å². The smallest absolute Gasteiger partial charge is 0.213 e. The Labute approximate surface area is 98.7 Å². The fraction of sp³-hybridized carbons (Fsp3) is 0.273. The summed E-state index contributed by atoms with van der Waals surface area (Å²) in [6.45, 7) is 3.86. The summed E-state index contributed by atoms with van der Waals surface area (Å²) in [4.78, 5) is 5.37. The first-order valence-corrected chi connectivity index (χ1v) is 5.90. The minimum atomic E-state index is 0.0174. The molecule has 4 nitrogen and oxygen atoms in total. The summed E-state index contributed by atoms with van der Waals surface area (Å²) in [7, 11) is 0. The number of hydrogen-bond acceptors (Lipinski definition) is 4. The predicted molar refractivity (Wildman–Crippen MR) is 64.3 cm³/mol. The molecule has 5 heteroatoms. The Hall–Kier alpha value is -1.33. The van der Waals surface area contributed by atoms with Crippen LogP contribution in [0.5, 0.6) is 0 Å². The van der Waals surface area contributed by atoms with E-state index in [0.717, 1.165) is 21.4 Å². The van der Waals surface area contributed by atoms with Gasteiger partial charge in [-0.1, -0.05) is 18.2 Å². The Morgan fingerprint density at radius 1 is 1.38 bits per heavy atom. The van der Waals surface area contributed by atoms with Crippen molar-refractivity contribution in [2.24, 2.45) is 5.73 Å². The van der Waals surface area contributed by atoms with Gasteiger partial charge in [-0.05, 0) is 37.2 Å². The number of nitrogens with two attached hydrogens (primary N) is 1. The average Bonchev–Trinajstić information content (AvgIpc) is 2.64. The Morgan fingerprint density at radius 3 is 2.75 bits per heavy atom. The van der Waals surface area contributed by atoms with Crippen LogP contribution >= 0.6 is 11.8 Å². The molecule has 0 radical (unpaired) electrons. The van der Waals surface area contributed by atoms with Gasteiger partial charge in [-0.15, -0.1) is 5.10 Å². The molecule has 0 spiro atoms. The number of aryl methyl sites for hydroxylation is 1. The zero-order valence-electron chi connectivity index (χ0n) is 9.27. The molecule has 3 N–H and O–H groups in total. The highest BCUT2D eigenvalue weighted by Crippen LogP contribution is 2.30. The Balaban J connectivity index is 2.27. The van der Waals surface area contributed by atoms with Crippen molar-refractivity contribution in [2.75, 3.05) is 0 Å². The third-order valence-electron chi connectivity index (χ3n) is 2.19. The maximum absolute atomic E-state index is 5.91. The van der Waals surface area contributed by atoms with E-state index in [1.54, 1.807) is 0 Å². The van der Waals surface area contributed by atoms with Gasteiger partial charge < -0.3 is 5.73 Å². The van der Waals surface area contributed by atoms with E-state index in [1.165, 1.54) is 11.8 Å². The van der Waals surface area contributed by atoms with Gasteiger partial charge in [-0.25, -0.2) is 4.98 Å². The molecule has 0 saturated heterocycles. The number of hydrogen-bond donors (Lipinski definition) is 2. The van der Waals surface area contributed by atoms with Crippen molar-refractivity contribution in [2.45, 2.75) is 29.9 Å². The molecule has 0 bridgehead atoms. The number of nitrogens with one attached hydrogen (secondary N) is 1. The lowest BCUT2D eigenvalue weighted by Crippen LogP contribution is -2.06. The van der Waals surface area contributed by atoms with Crippen LogP contribution in [0.1, 0.15) is 24.4 Å². The third-order valence-corrected chi connectivity index (χ3v) is 3.14. The van der Waals surface area contributed by atoms with Crippen molar-refractivity contribution in [3.8, 4) is 0 Å². The number of aromatic nitrogens is 3. The first-order chi connectivity index (χ1) is 7.66. The van der Waals surface area contributed by atoms with Crippen LogP contribution in [0.25, 0.3) is 0 Å². The van der Waals surface area contributed by atoms with Gasteiger partial charge in [0.15, 0.2) is 0 Å². The summed E-state index contributed by atoms with van der Waals surface area (Å²) in [6.07, 6.45) is 0. The molecule has 0 saturated carbocycles. The maximum Gasteiger partial charge on any atom is 0.213 e. The second-order valence-corrected chi connectivity index (χ2v) is 4.64. The number of aromatic amines is 1. The summed E-state index contributed by atoms with van der Waals surface area (Å²) >= 11 is 1.53. The van der Waals surface area contributed by atoms with Crippen LogP contribution in [0, 0.1) is 6.92 Å². The SMILES string of the molecule is Cc1nc(Sc2ccccc2C(C)N)n[nH]1. The summed E-state index contributed by atoms with van der Waals surface area (Å²) in [5.41, 5.74) is 7.03. The third kappa shape index (κ3) is 2.43. The van der Waals surface area contributed by atoms with Gasteiger partial charge in [0.2, 0.25) is 5.16 Å². The van der Waals surface area contributed by atoms with E-state index < -0.39 is 0 Å². The molecular weight excluding hydrogens is 220 g/mol. The lowest BCUT2D eigenvalue weighted by molar-refractivity contribution is 0.796. The van der Waals surface area contributed by atoms with Crippen LogP contribution in [-0.4, -0.2) is 15.2 Å². The molecule has 2 aromatic rings. The number of nitrogens with zero attached hydrogens (tertiary/aromatic N) is 2. The minimum absolute atomic E-state index is 0.0174. The Morgan fingerprint density at radius 2 is 2.12 bits per heavy atom. The van der Waals surface area contributed by atoms with Crippen LogP contribution in [-0.2, 0) is 0 Å². The van der Waals surface area contributed by atoms with Gasteiger partial charge in [0.1, 0.15) is 5.82 Å². The van der Waals surface area contributed by atoms with Gasteiger partial charge in [-0.3, -0.25) is 5.10 Å². The van der Waals surface area contributed by atoms with E-state index in [-0.39, 0.29) is 6.04 Å². The molecule has 0 aliphatic rings. The topological polar surface area (TPSA) is 67.6 Å². The highest BCUT2D eigenvalue weighted by molar-refractivity contribution is 7.99. The van der Waals surface area contributed by atoms with Gasteiger partial charge in [0, 0.05) is 10.9 Å². The van der Waals surface area contributed by atoms with Gasteiger partial charge in [0.25, 0.3) is 0 Å². The second-order valence-electron chi connectivity index (χ2n) is 3.63. The zero-order valence-corrected chi connectivity index (χ0v) is 10.1. The highest BCUT2D eigenvalue weighted by Gasteiger charge is 2.09. The summed E-state index contributed by atoms with van der Waals surface area (Å²) < 4.78 is 0. The molecule has 0 fully saturated rings. The zero-order chi connectivity index (χ0) is 11.5. The molecule has 0 aliphatic heterocycles. The van der Waals surface area contributed by atoms with E-state index >= 15 is 0 Å². The van der Waals surface area contributed by atoms with Crippen molar-refractivity contribution in [1.82, 2.24) is 15.2 Å². The van der Waals surface area contributed by atoms with E-state index in [4.69, 9.17) is 5.73 Å². The predicted octanol–water partition coefficient (Wildman–Crippen LogP) is 2.28. The van der Waals surface area contributed by atoms with Crippen LogP contribution < -0.4 is 5.73 Å². The molecule has 1 aromatic heterocycles. The fourth-order valence-electron chi connectivity index (χ4n) is 1.42. The average molecular weight is 234 g/mol. The molecule has 2 rings (SSSR count). The van der Waals surface area contributed by atoms with Crippen LogP contribution in [0.3, 0.4) is 0 Å². The Bertz CT molecular complexity index is 478. The Kier molecular flexibility index (Phi) is 3.26. The molecule has 0 amide bonds. The monoisotopic (exact) mass is 234 g/mol. The van der Waals surface area contributed by atoms with E-state index in [1.807, 2.05) is 38.1 Å². The first kappa shape index (κ1) is 11.2. The normalized spacial score (nSPS) is 12.7. The first-order valence-electron chi connectivity index (χ1n) is 5.08. The van der Waals surface area contributed by atoms with Crippen LogP contribution in [0.2, 0.25) is 0 Å². The van der Waals surface area contributed by atoms with Gasteiger partial charge in [0.05, 0.1) is 0 Å². The summed E-state index contributed by atoms with van der Waals surface area (Å²) in [5.74, 6) is 0.820. The highest BCUT2D eigenvalue weighted by atomic mass is 32.2. The molecule has 1 atom stereocenters. The van der Waals surface area contributed by atoms with Crippen LogP contribution in [0.15, 0.2) is 34.3 Å². The molecule has 0 aliphatic carbocycles. The second kappa shape index (κ2) is 4.67.